The van der Waals surface area contributed by atoms with Gasteiger partial charge in [0.05, 0.1) is 27.8 Å². The summed E-state index contributed by atoms with van der Waals surface area (Å²) in [5.41, 5.74) is 3.18. The van der Waals surface area contributed by atoms with Crippen molar-refractivity contribution in [3.05, 3.63) is 35.6 Å². The van der Waals surface area contributed by atoms with Crippen LogP contribution < -0.4 is 5.32 Å². The number of nitrogens with zero attached hydrogens (tertiary/aromatic N) is 2. The molecule has 21 heavy (non-hydrogen) atoms. The number of nitrogens with one attached hydrogen (secondary N) is 2. The molecule has 6 heteroatoms. The van der Waals surface area contributed by atoms with Gasteiger partial charge in [-0.1, -0.05) is 6.07 Å². The van der Waals surface area contributed by atoms with Crippen molar-refractivity contribution >= 4 is 34.8 Å². The lowest BCUT2D eigenvalue weighted by Crippen LogP contribution is -2.27. The van der Waals surface area contributed by atoms with Crippen molar-refractivity contribution in [3.63, 3.8) is 0 Å². The summed E-state index contributed by atoms with van der Waals surface area (Å²) in [5.74, 6) is 1.50. The zero-order valence-corrected chi connectivity index (χ0v) is 13.1. The summed E-state index contributed by atoms with van der Waals surface area (Å²) < 4.78 is 0. The van der Waals surface area contributed by atoms with Crippen molar-refractivity contribution < 1.29 is 0 Å². The van der Waals surface area contributed by atoms with Gasteiger partial charge in [0.1, 0.15) is 5.82 Å². The summed E-state index contributed by atoms with van der Waals surface area (Å²) in [6.45, 7) is 2.14. The van der Waals surface area contributed by atoms with Crippen LogP contribution >= 0.6 is 23.7 Å². The Bertz CT molecular complexity index is 716. The van der Waals surface area contributed by atoms with Crippen LogP contribution in [0.1, 0.15) is 24.6 Å². The molecule has 0 atom stereocenters. The molecule has 4 rings (SSSR count). The van der Waals surface area contributed by atoms with Gasteiger partial charge in [-0.25, -0.2) is 9.97 Å². The Morgan fingerprint density at radius 2 is 2.10 bits per heavy atom. The molecule has 1 saturated heterocycles. The molecule has 2 N–H and O–H groups in total. The number of aromatic amines is 1. The normalized spacial score (nSPS) is 16.0. The molecule has 1 aliphatic rings. The van der Waals surface area contributed by atoms with Crippen LogP contribution in [0.25, 0.3) is 21.6 Å². The summed E-state index contributed by atoms with van der Waals surface area (Å²) in [7, 11) is 0. The van der Waals surface area contributed by atoms with Gasteiger partial charge in [-0.2, -0.15) is 0 Å². The average molecular weight is 321 g/mol. The first kappa shape index (κ1) is 14.5. The molecule has 4 nitrogen and oxygen atoms in total. The van der Waals surface area contributed by atoms with Crippen LogP contribution in [0, 0.1) is 0 Å². The summed E-state index contributed by atoms with van der Waals surface area (Å²) in [6, 6.07) is 6.32. The van der Waals surface area contributed by atoms with Gasteiger partial charge in [0.2, 0.25) is 0 Å². The fourth-order valence-electron chi connectivity index (χ4n) is 2.77. The SMILES string of the molecule is Cl.c1csc(-c2cc3nc(C4CCNCC4)ncc3[nH]2)c1. The maximum absolute atomic E-state index is 4.76. The predicted molar refractivity (Wildman–Crippen MR) is 89.3 cm³/mol. The zero-order chi connectivity index (χ0) is 13.4. The van der Waals surface area contributed by atoms with Gasteiger partial charge < -0.3 is 10.3 Å². The third-order valence-electron chi connectivity index (χ3n) is 3.88. The molecule has 0 spiro atoms. The Morgan fingerprint density at radius 3 is 2.86 bits per heavy atom. The lowest BCUT2D eigenvalue weighted by atomic mass is 9.97. The minimum absolute atomic E-state index is 0. The number of rotatable bonds is 2. The van der Waals surface area contributed by atoms with E-state index >= 15 is 0 Å². The van der Waals surface area contributed by atoms with E-state index in [0.29, 0.717) is 5.92 Å². The molecule has 0 aliphatic carbocycles. The summed E-state index contributed by atoms with van der Waals surface area (Å²) in [6.07, 6.45) is 4.19. The van der Waals surface area contributed by atoms with Gasteiger partial charge in [0.25, 0.3) is 0 Å². The number of fused-ring (bicyclic) bond motifs is 1. The van der Waals surface area contributed by atoms with Crippen LogP contribution in [0.15, 0.2) is 29.8 Å². The second kappa shape index (κ2) is 6.13. The first-order valence-electron chi connectivity index (χ1n) is 7.00. The molecule has 0 unspecified atom stereocenters. The Hall–Kier alpha value is -1.43. The highest BCUT2D eigenvalue weighted by Gasteiger charge is 2.18. The summed E-state index contributed by atoms with van der Waals surface area (Å²) in [5, 5.41) is 5.47. The first-order chi connectivity index (χ1) is 9.90. The third kappa shape index (κ3) is 2.81. The van der Waals surface area contributed by atoms with E-state index in [4.69, 9.17) is 4.98 Å². The fourth-order valence-corrected chi connectivity index (χ4v) is 3.47. The minimum atomic E-state index is 0. The van der Waals surface area contributed by atoms with E-state index in [1.165, 1.54) is 4.88 Å². The van der Waals surface area contributed by atoms with Crippen molar-refractivity contribution in [2.24, 2.45) is 0 Å². The van der Waals surface area contributed by atoms with E-state index in [-0.39, 0.29) is 12.4 Å². The molecule has 1 fully saturated rings. The number of thiophene rings is 1. The van der Waals surface area contributed by atoms with E-state index in [9.17, 15) is 0 Å². The minimum Gasteiger partial charge on any atom is -0.351 e. The van der Waals surface area contributed by atoms with Crippen molar-refractivity contribution in [2.45, 2.75) is 18.8 Å². The van der Waals surface area contributed by atoms with Crippen LogP contribution in [-0.4, -0.2) is 28.0 Å². The van der Waals surface area contributed by atoms with Crippen LogP contribution in [-0.2, 0) is 0 Å². The van der Waals surface area contributed by atoms with Gasteiger partial charge in [-0.15, -0.1) is 23.7 Å². The highest BCUT2D eigenvalue weighted by molar-refractivity contribution is 7.13. The molecular formula is C15H17ClN4S. The molecule has 4 heterocycles. The first-order valence-corrected chi connectivity index (χ1v) is 7.88. The van der Waals surface area contributed by atoms with Crippen LogP contribution in [0.4, 0.5) is 0 Å². The van der Waals surface area contributed by atoms with Crippen molar-refractivity contribution in [3.8, 4) is 10.6 Å². The Morgan fingerprint density at radius 1 is 1.24 bits per heavy atom. The second-order valence-corrected chi connectivity index (χ2v) is 6.16. The van der Waals surface area contributed by atoms with Gasteiger partial charge in [-0.05, 0) is 43.4 Å². The molecule has 1 aliphatic heterocycles. The topological polar surface area (TPSA) is 53.6 Å². The highest BCUT2D eigenvalue weighted by atomic mass is 35.5. The van der Waals surface area contributed by atoms with E-state index < -0.39 is 0 Å². The Kier molecular flexibility index (Phi) is 4.24. The molecule has 0 saturated carbocycles. The largest absolute Gasteiger partial charge is 0.351 e. The lowest BCUT2D eigenvalue weighted by Gasteiger charge is -2.20. The van der Waals surface area contributed by atoms with Crippen molar-refractivity contribution in [2.75, 3.05) is 13.1 Å². The highest BCUT2D eigenvalue weighted by Crippen LogP contribution is 2.28. The smallest absolute Gasteiger partial charge is 0.132 e. The summed E-state index contributed by atoms with van der Waals surface area (Å²) in [4.78, 5) is 14.0. The number of hydrogen-bond donors (Lipinski definition) is 2. The quantitative estimate of drug-likeness (QED) is 0.759. The molecule has 0 amide bonds. The van der Waals surface area contributed by atoms with Gasteiger partial charge >= 0.3 is 0 Å². The van der Waals surface area contributed by atoms with Crippen molar-refractivity contribution in [1.82, 2.24) is 20.3 Å². The standard InChI is InChI=1S/C15H16N4S.ClH/c1-2-14(20-7-1)12-8-11-13(18-12)9-17-15(19-11)10-3-5-16-6-4-10;/h1-2,7-10,16,18H,3-6H2;1H. The van der Waals surface area contributed by atoms with Gasteiger partial charge in [0.15, 0.2) is 0 Å². The molecule has 110 valence electrons. The fraction of sp³-hybridized carbons (Fsp3) is 0.333. The lowest BCUT2D eigenvalue weighted by molar-refractivity contribution is 0.446. The average Bonchev–Trinajstić information content (AvgIpc) is 3.16. The molecule has 3 aromatic heterocycles. The molecule has 3 aromatic rings. The van der Waals surface area contributed by atoms with E-state index in [2.05, 4.69) is 38.9 Å². The molecular weight excluding hydrogens is 304 g/mol. The van der Waals surface area contributed by atoms with Gasteiger partial charge in [-0.3, -0.25) is 0 Å². The molecule has 0 radical (unpaired) electrons. The second-order valence-electron chi connectivity index (χ2n) is 5.21. The number of aromatic nitrogens is 3. The number of hydrogen-bond acceptors (Lipinski definition) is 4. The number of H-pyrrole nitrogens is 1. The Labute approximate surface area is 133 Å². The Balaban J connectivity index is 0.00000132. The maximum Gasteiger partial charge on any atom is 0.132 e. The number of halogens is 1. The summed E-state index contributed by atoms with van der Waals surface area (Å²) >= 11 is 1.74. The monoisotopic (exact) mass is 320 g/mol. The maximum atomic E-state index is 4.76. The van der Waals surface area contributed by atoms with Crippen molar-refractivity contribution in [1.29, 1.82) is 0 Å². The van der Waals surface area contributed by atoms with E-state index in [1.54, 1.807) is 11.3 Å². The predicted octanol–water partition coefficient (Wildman–Crippen LogP) is 3.58. The van der Waals surface area contributed by atoms with Crippen LogP contribution in [0.5, 0.6) is 0 Å². The van der Waals surface area contributed by atoms with E-state index in [0.717, 1.165) is 48.5 Å². The van der Waals surface area contributed by atoms with Crippen LogP contribution in [0.2, 0.25) is 0 Å². The van der Waals surface area contributed by atoms with Crippen LogP contribution in [0.3, 0.4) is 0 Å². The molecule has 0 aromatic carbocycles. The third-order valence-corrected chi connectivity index (χ3v) is 4.78. The zero-order valence-electron chi connectivity index (χ0n) is 11.5. The molecule has 0 bridgehead atoms. The van der Waals surface area contributed by atoms with E-state index in [1.807, 2.05) is 6.20 Å². The number of piperidine rings is 1. The van der Waals surface area contributed by atoms with Gasteiger partial charge in [0, 0.05) is 5.92 Å².